The molecule has 0 N–H and O–H groups in total. The molecule has 3 heteroatoms. The van der Waals surface area contributed by atoms with Gasteiger partial charge in [0.25, 0.3) is 0 Å². The van der Waals surface area contributed by atoms with Crippen LogP contribution in [0.2, 0.25) is 0 Å². The lowest BCUT2D eigenvalue weighted by molar-refractivity contribution is 0.446. The number of allylic oxidation sites excluding steroid dienone is 1. The van der Waals surface area contributed by atoms with Crippen molar-refractivity contribution in [2.75, 3.05) is 0 Å². The first-order chi connectivity index (χ1) is 2.77. The molecule has 0 fully saturated rings. The molecule has 0 atom stereocenters. The second-order valence-electron chi connectivity index (χ2n) is 0.868. The summed E-state index contributed by atoms with van der Waals surface area (Å²) in [6.07, 6.45) is 0. The Labute approximate surface area is 38.1 Å². The van der Waals surface area contributed by atoms with Crippen LogP contribution >= 0.6 is 8.69 Å². The van der Waals surface area contributed by atoms with Crippen molar-refractivity contribution in [2.24, 2.45) is 0 Å². The van der Waals surface area contributed by atoms with Gasteiger partial charge in [-0.15, -0.1) is 0 Å². The molecule has 0 aromatic heterocycles. The van der Waals surface area contributed by atoms with Gasteiger partial charge in [0.15, 0.2) is 0 Å². The van der Waals surface area contributed by atoms with E-state index in [0.717, 1.165) is 0 Å². The Morgan fingerprint density at radius 1 is 2.00 bits per heavy atom. The minimum absolute atomic E-state index is 0.326. The van der Waals surface area contributed by atoms with Crippen molar-refractivity contribution in [1.29, 1.82) is 0 Å². The summed E-state index contributed by atoms with van der Waals surface area (Å²) in [4.78, 5) is 0. The van der Waals surface area contributed by atoms with Gasteiger partial charge in [-0.2, -0.15) is 0 Å². The van der Waals surface area contributed by atoms with Crippen molar-refractivity contribution in [3.63, 3.8) is 0 Å². The fourth-order valence-corrected chi connectivity index (χ4v) is 0.191. The van der Waals surface area contributed by atoms with Crippen molar-refractivity contribution < 1.29 is 9.09 Å². The first-order valence-electron chi connectivity index (χ1n) is 1.42. The van der Waals surface area contributed by atoms with Crippen molar-refractivity contribution in [3.05, 3.63) is 12.3 Å². The van der Waals surface area contributed by atoms with Gasteiger partial charge in [-0.1, -0.05) is 6.58 Å². The van der Waals surface area contributed by atoms with Crippen LogP contribution in [0.3, 0.4) is 0 Å². The molecule has 2 nitrogen and oxygen atoms in total. The molecule has 34 valence electrons. The van der Waals surface area contributed by atoms with Crippen molar-refractivity contribution in [2.45, 2.75) is 6.92 Å². The maximum atomic E-state index is 9.43. The van der Waals surface area contributed by atoms with E-state index in [4.69, 9.17) is 0 Å². The standard InChI is InChI=1S/C3H5O2P/c1-3(2)5-6-4/h1H2,2H3. The third kappa shape index (κ3) is 3.64. The summed E-state index contributed by atoms with van der Waals surface area (Å²) in [5.41, 5.74) is 0. The average molecular weight is 104 g/mol. The van der Waals surface area contributed by atoms with Crippen LogP contribution < -0.4 is 0 Å². The van der Waals surface area contributed by atoms with E-state index in [-0.39, 0.29) is 8.69 Å². The Kier molecular flexibility index (Phi) is 2.68. The summed E-state index contributed by atoms with van der Waals surface area (Å²) in [5.74, 6) is 0.465. The SMILES string of the molecule is C=C(C)OP=O. The molecule has 0 rings (SSSR count). The van der Waals surface area contributed by atoms with Crippen LogP contribution in [0.1, 0.15) is 6.92 Å². The zero-order valence-corrected chi connectivity index (χ0v) is 4.37. The molecule has 0 amide bonds. The zero-order chi connectivity index (χ0) is 4.99. The van der Waals surface area contributed by atoms with Crippen molar-refractivity contribution in [1.82, 2.24) is 0 Å². The third-order valence-corrected chi connectivity index (χ3v) is 0.579. The molecule has 0 aromatic carbocycles. The highest BCUT2D eigenvalue weighted by Crippen LogP contribution is 2.00. The Hall–Kier alpha value is -0.360. The van der Waals surface area contributed by atoms with Gasteiger partial charge in [0.05, 0.1) is 0 Å². The molecule has 0 aliphatic carbocycles. The first-order valence-corrected chi connectivity index (χ1v) is 2.15. The molecule has 0 saturated heterocycles. The van der Waals surface area contributed by atoms with E-state index < -0.39 is 0 Å². The van der Waals surface area contributed by atoms with E-state index in [1.165, 1.54) is 0 Å². The van der Waals surface area contributed by atoms with Gasteiger partial charge in [-0.25, -0.2) is 4.57 Å². The van der Waals surface area contributed by atoms with Gasteiger partial charge in [0.2, 0.25) is 0 Å². The topological polar surface area (TPSA) is 26.3 Å². The molecule has 0 aliphatic rings. The highest BCUT2D eigenvalue weighted by atomic mass is 31.1. The van der Waals surface area contributed by atoms with Gasteiger partial charge in [-0.05, 0) is 6.92 Å². The monoisotopic (exact) mass is 104 g/mol. The highest BCUT2D eigenvalue weighted by Gasteiger charge is 1.75. The van der Waals surface area contributed by atoms with E-state index in [1.54, 1.807) is 6.92 Å². The summed E-state index contributed by atoms with van der Waals surface area (Å²) in [6, 6.07) is 0. The number of hydrogen-bond donors (Lipinski definition) is 0. The van der Waals surface area contributed by atoms with Crippen LogP contribution in [0.15, 0.2) is 12.3 Å². The summed E-state index contributed by atoms with van der Waals surface area (Å²) in [7, 11) is -0.326. The normalized spacial score (nSPS) is 8.17. The van der Waals surface area contributed by atoms with Gasteiger partial charge >= 0.3 is 8.69 Å². The molecule has 0 bridgehead atoms. The van der Waals surface area contributed by atoms with Gasteiger partial charge in [0.1, 0.15) is 5.76 Å². The molecule has 6 heavy (non-hydrogen) atoms. The van der Waals surface area contributed by atoms with E-state index in [0.29, 0.717) is 5.76 Å². The minimum atomic E-state index is -0.326. The van der Waals surface area contributed by atoms with E-state index in [1.807, 2.05) is 0 Å². The van der Waals surface area contributed by atoms with Gasteiger partial charge in [-0.3, -0.25) is 0 Å². The number of rotatable bonds is 2. The minimum Gasteiger partial charge on any atom is -0.413 e. The third-order valence-electron chi connectivity index (χ3n) is 0.193. The van der Waals surface area contributed by atoms with Crippen LogP contribution in [0.4, 0.5) is 0 Å². The smallest absolute Gasteiger partial charge is 0.395 e. The second-order valence-corrected chi connectivity index (χ2v) is 1.20. The molecular weight excluding hydrogens is 99.0 g/mol. The Bertz CT molecular complexity index is 69.2. The van der Waals surface area contributed by atoms with Crippen LogP contribution in [0, 0.1) is 0 Å². The van der Waals surface area contributed by atoms with Crippen molar-refractivity contribution >= 4 is 8.69 Å². The fraction of sp³-hybridized carbons (Fsp3) is 0.333. The lowest BCUT2D eigenvalue weighted by Crippen LogP contribution is -1.62. The Morgan fingerprint density at radius 2 is 2.50 bits per heavy atom. The van der Waals surface area contributed by atoms with Crippen LogP contribution in [0.5, 0.6) is 0 Å². The van der Waals surface area contributed by atoms with E-state index in [9.17, 15) is 4.57 Å². The van der Waals surface area contributed by atoms with E-state index >= 15 is 0 Å². The number of hydrogen-bond acceptors (Lipinski definition) is 2. The molecule has 0 radical (unpaired) electrons. The highest BCUT2D eigenvalue weighted by molar-refractivity contribution is 7.17. The molecule has 0 saturated carbocycles. The zero-order valence-electron chi connectivity index (χ0n) is 3.47. The predicted octanol–water partition coefficient (Wildman–Crippen LogP) is 1.74. The largest absolute Gasteiger partial charge is 0.413 e. The van der Waals surface area contributed by atoms with Crippen LogP contribution in [-0.4, -0.2) is 0 Å². The maximum absolute atomic E-state index is 9.43. The van der Waals surface area contributed by atoms with Crippen LogP contribution in [0.25, 0.3) is 0 Å². The predicted molar refractivity (Wildman–Crippen MR) is 23.5 cm³/mol. The summed E-state index contributed by atoms with van der Waals surface area (Å²) >= 11 is 0. The van der Waals surface area contributed by atoms with Gasteiger partial charge in [0, 0.05) is 0 Å². The Morgan fingerprint density at radius 3 is 2.50 bits per heavy atom. The first kappa shape index (κ1) is 5.64. The fourth-order valence-electron chi connectivity index (χ4n) is 0.0636. The molecule has 0 aromatic rings. The maximum Gasteiger partial charge on any atom is 0.395 e. The van der Waals surface area contributed by atoms with E-state index in [2.05, 4.69) is 11.1 Å². The quantitative estimate of drug-likeness (QED) is 0.394. The molecule has 0 aliphatic heterocycles. The van der Waals surface area contributed by atoms with Gasteiger partial charge < -0.3 is 4.52 Å². The summed E-state index contributed by atoms with van der Waals surface area (Å²) in [6.45, 7) is 4.95. The lowest BCUT2D eigenvalue weighted by atomic mass is 10.7. The van der Waals surface area contributed by atoms with Crippen molar-refractivity contribution in [3.8, 4) is 0 Å². The second kappa shape index (κ2) is 2.86. The summed E-state index contributed by atoms with van der Waals surface area (Å²) in [5, 5.41) is 0. The molecule has 0 unspecified atom stereocenters. The summed E-state index contributed by atoms with van der Waals surface area (Å²) < 4.78 is 13.7. The Balaban J connectivity index is 3.05. The molecule has 0 heterocycles. The van der Waals surface area contributed by atoms with Crippen LogP contribution in [-0.2, 0) is 9.09 Å². The molecular formula is C3H5O2P. The lowest BCUT2D eigenvalue weighted by Gasteiger charge is -1.83. The average Bonchev–Trinajstić information content (AvgIpc) is 1.35. The molecule has 0 spiro atoms.